The lowest BCUT2D eigenvalue weighted by Gasteiger charge is -2.34. The third kappa shape index (κ3) is 8.41. The van der Waals surface area contributed by atoms with Gasteiger partial charge in [0.05, 0.1) is 10.6 Å². The summed E-state index contributed by atoms with van der Waals surface area (Å²) >= 11 is 3.50. The molecule has 0 heterocycles. The molecule has 1 saturated carbocycles. The second-order valence-corrected chi connectivity index (χ2v) is 14.4. The van der Waals surface area contributed by atoms with Gasteiger partial charge in [-0.2, -0.15) is 0 Å². The summed E-state index contributed by atoms with van der Waals surface area (Å²) in [6.45, 7) is 1.38. The zero-order chi connectivity index (χ0) is 32.7. The molecule has 7 nitrogen and oxygen atoms in total. The first-order chi connectivity index (χ1) is 22.1. The quantitative estimate of drug-likeness (QED) is 0.176. The van der Waals surface area contributed by atoms with Gasteiger partial charge in [-0.15, -0.1) is 0 Å². The number of sulfonamides is 1. The van der Waals surface area contributed by atoms with Crippen LogP contribution in [-0.4, -0.2) is 43.8 Å². The lowest BCUT2D eigenvalue weighted by molar-refractivity contribution is -0.140. The average molecular weight is 707 g/mol. The molecular weight excluding hydrogens is 669 g/mol. The van der Waals surface area contributed by atoms with E-state index in [0.29, 0.717) is 0 Å². The molecule has 1 unspecified atom stereocenters. The van der Waals surface area contributed by atoms with E-state index in [1.807, 2.05) is 61.5 Å². The van der Waals surface area contributed by atoms with Crippen molar-refractivity contribution >= 4 is 43.5 Å². The van der Waals surface area contributed by atoms with Gasteiger partial charge in [0.25, 0.3) is 10.0 Å². The average Bonchev–Trinajstić information content (AvgIpc) is 3.55. The Morgan fingerprint density at radius 2 is 1.54 bits per heavy atom. The Morgan fingerprint density at radius 1 is 0.891 bits per heavy atom. The summed E-state index contributed by atoms with van der Waals surface area (Å²) in [4.78, 5) is 30.0. The summed E-state index contributed by atoms with van der Waals surface area (Å²) < 4.78 is 43.7. The molecule has 1 aliphatic carbocycles. The van der Waals surface area contributed by atoms with Crippen molar-refractivity contribution in [2.75, 3.05) is 10.8 Å². The summed E-state index contributed by atoms with van der Waals surface area (Å²) in [5.74, 6) is -1.40. The van der Waals surface area contributed by atoms with Crippen LogP contribution in [0.4, 0.5) is 10.1 Å². The Hall–Kier alpha value is -4.02. The smallest absolute Gasteiger partial charge is 0.264 e. The number of halogens is 2. The molecular formula is C36H37BrFN3O4S. The van der Waals surface area contributed by atoms with E-state index in [1.54, 1.807) is 24.3 Å². The highest BCUT2D eigenvalue weighted by molar-refractivity contribution is 9.10. The SMILES string of the molecule is Cc1ccc(N(CC(=O)N(Cc2cccc(Br)c2)C(Cc2ccccc2)C(=O)NC2CCCC2)S(=O)(=O)c2ccc(F)cc2)cc1. The maximum atomic E-state index is 14.6. The lowest BCUT2D eigenvalue weighted by Crippen LogP contribution is -2.54. The van der Waals surface area contributed by atoms with Crippen molar-refractivity contribution in [3.8, 4) is 0 Å². The highest BCUT2D eigenvalue weighted by Gasteiger charge is 2.35. The molecule has 5 rings (SSSR count). The summed E-state index contributed by atoms with van der Waals surface area (Å²) in [5.41, 5.74) is 2.84. The molecule has 1 fully saturated rings. The second-order valence-electron chi connectivity index (χ2n) is 11.6. The van der Waals surface area contributed by atoms with Crippen molar-refractivity contribution in [3.63, 3.8) is 0 Å². The fraction of sp³-hybridized carbons (Fsp3) is 0.278. The molecule has 0 radical (unpaired) electrons. The number of hydrogen-bond acceptors (Lipinski definition) is 4. The van der Waals surface area contributed by atoms with Crippen LogP contribution in [0.15, 0.2) is 112 Å². The van der Waals surface area contributed by atoms with Crippen molar-refractivity contribution in [1.29, 1.82) is 0 Å². The van der Waals surface area contributed by atoms with E-state index in [2.05, 4.69) is 21.2 Å². The van der Waals surface area contributed by atoms with Crippen LogP contribution in [0.25, 0.3) is 0 Å². The van der Waals surface area contributed by atoms with Crippen LogP contribution < -0.4 is 9.62 Å². The molecule has 1 aliphatic rings. The molecule has 240 valence electrons. The number of rotatable bonds is 12. The second kappa shape index (κ2) is 15.0. The monoisotopic (exact) mass is 705 g/mol. The molecule has 4 aromatic rings. The van der Waals surface area contributed by atoms with E-state index >= 15 is 0 Å². The fourth-order valence-corrected chi connectivity index (χ4v) is 7.59. The summed E-state index contributed by atoms with van der Waals surface area (Å²) in [7, 11) is -4.30. The third-order valence-corrected chi connectivity index (χ3v) is 10.5. The first-order valence-corrected chi connectivity index (χ1v) is 17.6. The minimum atomic E-state index is -4.30. The van der Waals surface area contributed by atoms with E-state index < -0.39 is 34.3 Å². The number of amides is 2. The summed E-state index contributed by atoms with van der Waals surface area (Å²) in [6, 6.07) is 27.4. The predicted molar refractivity (Wildman–Crippen MR) is 181 cm³/mol. The number of aryl methyl sites for hydroxylation is 1. The largest absolute Gasteiger partial charge is 0.352 e. The highest BCUT2D eigenvalue weighted by atomic mass is 79.9. The first-order valence-electron chi connectivity index (χ1n) is 15.3. The standard InChI is InChI=1S/C36H37BrFN3O4S/c1-26-14-18-32(19-15-26)41(46(44,45)33-20-16-30(38)17-21-33)25-35(42)40(24-28-10-7-11-29(37)22-28)34(23-27-8-3-2-4-9-27)36(43)39-31-12-5-6-13-31/h2-4,7-11,14-22,31,34H,5-6,12-13,23-25H2,1H3,(H,39,43). The Bertz CT molecular complexity index is 1750. The van der Waals surface area contributed by atoms with E-state index in [-0.39, 0.29) is 35.5 Å². The summed E-state index contributed by atoms with van der Waals surface area (Å²) in [6.07, 6.45) is 4.05. The molecule has 10 heteroatoms. The topological polar surface area (TPSA) is 86.8 Å². The van der Waals surface area contributed by atoms with E-state index in [9.17, 15) is 22.4 Å². The maximum Gasteiger partial charge on any atom is 0.264 e. The van der Waals surface area contributed by atoms with Gasteiger partial charge < -0.3 is 10.2 Å². The zero-order valence-corrected chi connectivity index (χ0v) is 28.0. The van der Waals surface area contributed by atoms with Gasteiger partial charge in [-0.1, -0.05) is 88.9 Å². The molecule has 4 aromatic carbocycles. The highest BCUT2D eigenvalue weighted by Crippen LogP contribution is 2.26. The molecule has 0 aliphatic heterocycles. The first kappa shape index (κ1) is 33.3. The van der Waals surface area contributed by atoms with Crippen LogP contribution in [0.3, 0.4) is 0 Å². The number of nitrogens with one attached hydrogen (secondary N) is 1. The number of nitrogens with zero attached hydrogens (tertiary/aromatic N) is 2. The normalized spacial score (nSPS) is 14.1. The fourth-order valence-electron chi connectivity index (χ4n) is 5.73. The van der Waals surface area contributed by atoms with Crippen LogP contribution in [0.2, 0.25) is 0 Å². The Balaban J connectivity index is 1.56. The Morgan fingerprint density at radius 3 is 2.20 bits per heavy atom. The molecule has 0 saturated heterocycles. The van der Waals surface area contributed by atoms with Crippen LogP contribution in [0.5, 0.6) is 0 Å². The number of benzene rings is 4. The van der Waals surface area contributed by atoms with Crippen molar-refractivity contribution in [2.24, 2.45) is 0 Å². The van der Waals surface area contributed by atoms with Gasteiger partial charge in [-0.3, -0.25) is 13.9 Å². The van der Waals surface area contributed by atoms with Crippen molar-refractivity contribution in [1.82, 2.24) is 10.2 Å². The van der Waals surface area contributed by atoms with E-state index in [0.717, 1.165) is 63.3 Å². The summed E-state index contributed by atoms with van der Waals surface area (Å²) in [5, 5.41) is 3.17. The third-order valence-electron chi connectivity index (χ3n) is 8.22. The van der Waals surface area contributed by atoms with Gasteiger partial charge in [-0.05, 0) is 79.4 Å². The van der Waals surface area contributed by atoms with E-state index in [1.165, 1.54) is 17.0 Å². The van der Waals surface area contributed by atoms with Crippen LogP contribution in [0, 0.1) is 12.7 Å². The minimum absolute atomic E-state index is 0.0245. The van der Waals surface area contributed by atoms with Gasteiger partial charge in [-0.25, -0.2) is 12.8 Å². The number of anilines is 1. The Kier molecular flexibility index (Phi) is 10.9. The van der Waals surface area contributed by atoms with Gasteiger partial charge in [0.2, 0.25) is 11.8 Å². The van der Waals surface area contributed by atoms with E-state index in [4.69, 9.17) is 0 Å². The molecule has 0 spiro atoms. The van der Waals surface area contributed by atoms with Crippen molar-refractivity contribution in [3.05, 3.63) is 130 Å². The molecule has 0 bridgehead atoms. The van der Waals surface area contributed by atoms with Gasteiger partial charge in [0, 0.05) is 23.5 Å². The number of hydrogen-bond donors (Lipinski definition) is 1. The minimum Gasteiger partial charge on any atom is -0.352 e. The number of carbonyl (C=O) groups excluding carboxylic acids is 2. The predicted octanol–water partition coefficient (Wildman–Crippen LogP) is 6.79. The lowest BCUT2D eigenvalue weighted by atomic mass is 10.0. The molecule has 46 heavy (non-hydrogen) atoms. The van der Waals surface area contributed by atoms with Crippen LogP contribution in [0.1, 0.15) is 42.4 Å². The molecule has 1 atom stereocenters. The van der Waals surface area contributed by atoms with Gasteiger partial charge in [0.15, 0.2) is 0 Å². The van der Waals surface area contributed by atoms with Gasteiger partial charge in [0.1, 0.15) is 18.4 Å². The van der Waals surface area contributed by atoms with Crippen molar-refractivity contribution < 1.29 is 22.4 Å². The van der Waals surface area contributed by atoms with Gasteiger partial charge >= 0.3 is 0 Å². The number of carbonyl (C=O) groups is 2. The molecule has 0 aromatic heterocycles. The molecule has 2 amide bonds. The van der Waals surface area contributed by atoms with Crippen molar-refractivity contribution in [2.45, 2.75) is 62.6 Å². The maximum absolute atomic E-state index is 14.6. The Labute approximate surface area is 278 Å². The zero-order valence-electron chi connectivity index (χ0n) is 25.6. The van der Waals surface area contributed by atoms with Crippen LogP contribution in [-0.2, 0) is 32.6 Å². The van der Waals surface area contributed by atoms with Crippen LogP contribution >= 0.6 is 15.9 Å². The molecule has 1 N–H and O–H groups in total.